The molecule has 2 saturated heterocycles. The van der Waals surface area contributed by atoms with E-state index in [1.807, 2.05) is 6.08 Å². The summed E-state index contributed by atoms with van der Waals surface area (Å²) in [6.45, 7) is 2.53. The molecule has 2 aliphatic rings. The van der Waals surface area contributed by atoms with Crippen molar-refractivity contribution in [2.75, 3.05) is 26.4 Å². The van der Waals surface area contributed by atoms with Crippen molar-refractivity contribution in [2.24, 2.45) is 0 Å². The van der Waals surface area contributed by atoms with Crippen LogP contribution in [0.5, 0.6) is 0 Å². The number of aliphatic hydroxyl groups is 7. The van der Waals surface area contributed by atoms with E-state index in [0.717, 1.165) is 44.9 Å². The van der Waals surface area contributed by atoms with E-state index in [1.165, 1.54) is 116 Å². The van der Waals surface area contributed by atoms with Gasteiger partial charge in [-0.3, -0.25) is 9.59 Å². The Morgan fingerprint density at radius 3 is 1.35 bits per heavy atom. The summed E-state index contributed by atoms with van der Waals surface area (Å²) in [6.07, 6.45) is 32.8. The van der Waals surface area contributed by atoms with E-state index in [2.05, 4.69) is 56.4 Å². The maximum Gasteiger partial charge on any atom is 0.306 e. The quantitative estimate of drug-likeness (QED) is 0.0171. The summed E-state index contributed by atoms with van der Waals surface area (Å²) in [7, 11) is 0. The minimum Gasteiger partial charge on any atom is -0.462 e. The van der Waals surface area contributed by atoms with Gasteiger partial charge < -0.3 is 64.2 Å². The number of carbonyl (C=O) groups excluding carboxylic acids is 2. The van der Waals surface area contributed by atoms with Gasteiger partial charge in [0.1, 0.15) is 55.4 Å². The first-order chi connectivity index (χ1) is 35.0. The third-order valence-electron chi connectivity index (χ3n) is 13.3. The summed E-state index contributed by atoms with van der Waals surface area (Å²) >= 11 is 0. The normalized spacial score (nSPS) is 25.3. The fourth-order valence-electron chi connectivity index (χ4n) is 8.68. The maximum atomic E-state index is 13.1. The van der Waals surface area contributed by atoms with Crippen LogP contribution >= 0.6 is 0 Å². The zero-order chi connectivity index (χ0) is 52.4. The lowest BCUT2D eigenvalue weighted by molar-refractivity contribution is -0.332. The van der Waals surface area contributed by atoms with Crippen LogP contribution in [0.4, 0.5) is 0 Å². The van der Waals surface area contributed by atoms with Crippen LogP contribution in [0.25, 0.3) is 0 Å². The van der Waals surface area contributed by atoms with Crippen molar-refractivity contribution >= 4 is 11.9 Å². The number of aliphatic hydroxyl groups excluding tert-OH is 7. The number of hydrogen-bond donors (Lipinski definition) is 7. The molecule has 0 aliphatic carbocycles. The van der Waals surface area contributed by atoms with E-state index in [0.29, 0.717) is 19.3 Å². The molecule has 0 aromatic heterocycles. The Labute approximate surface area is 433 Å². The lowest BCUT2D eigenvalue weighted by atomic mass is 9.98. The fraction of sp³-hybridized carbons (Fsp3) is 0.825. The highest BCUT2D eigenvalue weighted by molar-refractivity contribution is 5.70. The van der Waals surface area contributed by atoms with Gasteiger partial charge in [-0.15, -0.1) is 0 Å². The van der Waals surface area contributed by atoms with Crippen molar-refractivity contribution in [3.05, 3.63) is 48.6 Å². The highest BCUT2D eigenvalue weighted by Gasteiger charge is 2.47. The van der Waals surface area contributed by atoms with Crippen LogP contribution < -0.4 is 0 Å². The largest absolute Gasteiger partial charge is 0.462 e. The summed E-state index contributed by atoms with van der Waals surface area (Å²) in [5.41, 5.74) is 0. The van der Waals surface area contributed by atoms with Gasteiger partial charge in [0.15, 0.2) is 18.7 Å². The molecule has 0 amide bonds. The Kier molecular flexibility index (Phi) is 39.8. The Morgan fingerprint density at radius 2 is 0.847 bits per heavy atom. The maximum absolute atomic E-state index is 13.1. The molecule has 418 valence electrons. The second kappa shape index (κ2) is 43.7. The van der Waals surface area contributed by atoms with Crippen LogP contribution in [0.3, 0.4) is 0 Å². The molecule has 4 unspecified atom stereocenters. The number of allylic oxidation sites excluding steroid dienone is 8. The highest BCUT2D eigenvalue weighted by atomic mass is 16.7. The van der Waals surface area contributed by atoms with Gasteiger partial charge in [-0.25, -0.2) is 0 Å². The molecular formula is C57H100O15. The Hall–Kier alpha value is -2.54. The van der Waals surface area contributed by atoms with Crippen LogP contribution in [0.15, 0.2) is 48.6 Å². The number of esters is 2. The topological polar surface area (TPSA) is 231 Å². The van der Waals surface area contributed by atoms with E-state index in [9.17, 15) is 45.3 Å². The van der Waals surface area contributed by atoms with Crippen molar-refractivity contribution in [3.63, 3.8) is 0 Å². The molecule has 11 atom stereocenters. The molecule has 0 saturated carbocycles. The molecule has 0 bridgehead atoms. The van der Waals surface area contributed by atoms with Gasteiger partial charge in [0.05, 0.1) is 19.8 Å². The van der Waals surface area contributed by atoms with Crippen molar-refractivity contribution in [3.8, 4) is 0 Å². The fourth-order valence-corrected chi connectivity index (χ4v) is 8.68. The van der Waals surface area contributed by atoms with Gasteiger partial charge in [0, 0.05) is 12.8 Å². The third-order valence-corrected chi connectivity index (χ3v) is 13.3. The zero-order valence-electron chi connectivity index (χ0n) is 44.4. The van der Waals surface area contributed by atoms with Crippen molar-refractivity contribution < 1.29 is 73.8 Å². The van der Waals surface area contributed by atoms with E-state index < -0.39 is 99.3 Å². The van der Waals surface area contributed by atoms with Crippen LogP contribution in [-0.4, -0.2) is 142 Å². The van der Waals surface area contributed by atoms with Gasteiger partial charge in [0.25, 0.3) is 0 Å². The Morgan fingerprint density at radius 1 is 0.444 bits per heavy atom. The van der Waals surface area contributed by atoms with E-state index in [4.69, 9.17) is 28.4 Å². The van der Waals surface area contributed by atoms with Gasteiger partial charge in [-0.1, -0.05) is 191 Å². The van der Waals surface area contributed by atoms with Crippen LogP contribution in [0.1, 0.15) is 206 Å². The predicted molar refractivity (Wildman–Crippen MR) is 280 cm³/mol. The van der Waals surface area contributed by atoms with Crippen molar-refractivity contribution in [1.29, 1.82) is 0 Å². The molecule has 7 N–H and O–H groups in total. The second-order valence-electron chi connectivity index (χ2n) is 19.8. The van der Waals surface area contributed by atoms with Gasteiger partial charge in [-0.2, -0.15) is 0 Å². The smallest absolute Gasteiger partial charge is 0.306 e. The molecule has 0 radical (unpaired) electrons. The Bertz CT molecular complexity index is 1440. The molecule has 0 aromatic rings. The summed E-state index contributed by atoms with van der Waals surface area (Å²) in [4.78, 5) is 25.8. The molecule has 0 aromatic carbocycles. The van der Waals surface area contributed by atoms with Crippen LogP contribution in [0, 0.1) is 0 Å². The van der Waals surface area contributed by atoms with Gasteiger partial charge in [0.2, 0.25) is 0 Å². The average molecular weight is 1030 g/mol. The van der Waals surface area contributed by atoms with Gasteiger partial charge >= 0.3 is 11.9 Å². The summed E-state index contributed by atoms with van der Waals surface area (Å²) in [5.74, 6) is -0.984. The molecule has 2 fully saturated rings. The Balaban J connectivity index is 1.79. The molecule has 15 nitrogen and oxygen atoms in total. The monoisotopic (exact) mass is 1020 g/mol. The lowest BCUT2D eigenvalue weighted by Gasteiger charge is -2.42. The SMILES string of the molecule is CCCCC/C=C/C/C=C/C/C=C/C/C=C/CCCC(=O)OC[C@H](CO[C@H]1O[C@@H](CO[C@H]2O[C@@H](CO)[C@@H](O)C(O)C2O)[C@@H](O)C(O)C1O)OC(=O)CCCCCCCCCCCCCCCCCCCCC. The standard InChI is InChI=1S/C57H100O15/c1-3-5-7-9-11-13-15-17-19-21-22-24-26-28-30-32-34-36-38-40-49(60)70-45(42-67-48(59)39-37-35-33-31-29-27-25-23-20-18-16-14-12-10-8-6-4-2)43-68-56-55(66)53(64)51(62)47(72-56)44-69-57-54(65)52(63)50(61)46(41-58)71-57/h12,14,18,20,25,27,31,33,45-47,50-58,61-66H,3-11,13,15-17,19,21-24,26,28-30,32,34-44H2,1-2H3/b14-12+,20-18+,27-25+,33-31+/t45-,46+,47+,50-,51-,52?,53?,54?,55?,56+,57+/m1/s1. The van der Waals surface area contributed by atoms with E-state index >= 15 is 0 Å². The number of ether oxygens (including phenoxy) is 6. The molecule has 0 spiro atoms. The van der Waals surface area contributed by atoms with Gasteiger partial charge in [-0.05, 0) is 51.4 Å². The molecule has 2 rings (SSSR count). The van der Waals surface area contributed by atoms with Crippen molar-refractivity contribution in [1.82, 2.24) is 0 Å². The molecule has 15 heteroatoms. The molecule has 2 aliphatic heterocycles. The second-order valence-corrected chi connectivity index (χ2v) is 19.8. The highest BCUT2D eigenvalue weighted by Crippen LogP contribution is 2.27. The number of rotatable bonds is 44. The summed E-state index contributed by atoms with van der Waals surface area (Å²) < 4.78 is 33.6. The third kappa shape index (κ3) is 30.7. The predicted octanol–water partition coefficient (Wildman–Crippen LogP) is 9.05. The summed E-state index contributed by atoms with van der Waals surface area (Å²) in [6, 6.07) is 0. The first kappa shape index (κ1) is 65.6. The van der Waals surface area contributed by atoms with Crippen molar-refractivity contribution in [2.45, 2.75) is 274 Å². The number of hydrogen-bond acceptors (Lipinski definition) is 15. The minimum atomic E-state index is -1.77. The zero-order valence-corrected chi connectivity index (χ0v) is 44.4. The van der Waals surface area contributed by atoms with Crippen LogP contribution in [0.2, 0.25) is 0 Å². The first-order valence-electron chi connectivity index (χ1n) is 28.2. The van der Waals surface area contributed by atoms with E-state index in [-0.39, 0.29) is 19.4 Å². The molecular weight excluding hydrogens is 925 g/mol. The number of carbonyl (C=O) groups is 2. The molecule has 2 heterocycles. The number of unbranched alkanes of at least 4 members (excludes halogenated alkanes) is 22. The summed E-state index contributed by atoms with van der Waals surface area (Å²) in [5, 5.41) is 72.2. The van der Waals surface area contributed by atoms with Crippen LogP contribution in [-0.2, 0) is 38.0 Å². The minimum absolute atomic E-state index is 0.142. The van der Waals surface area contributed by atoms with E-state index in [1.54, 1.807) is 0 Å². The lowest BCUT2D eigenvalue weighted by Crippen LogP contribution is -2.61. The molecule has 72 heavy (non-hydrogen) atoms. The first-order valence-corrected chi connectivity index (χ1v) is 28.2. The average Bonchev–Trinajstić information content (AvgIpc) is 3.37.